The van der Waals surface area contributed by atoms with E-state index in [9.17, 15) is 6.85 Å². The van der Waals surface area contributed by atoms with Crippen LogP contribution in [-0.2, 0) is 0 Å². The highest BCUT2D eigenvalue weighted by molar-refractivity contribution is 7.26. The Kier molecular flexibility index (Phi) is 6.94. The number of thiophene rings is 1. The van der Waals surface area contributed by atoms with Gasteiger partial charge in [0.25, 0.3) is 0 Å². The molecule has 0 aliphatic rings. The van der Waals surface area contributed by atoms with E-state index >= 15 is 0 Å². The Morgan fingerprint density at radius 3 is 1.56 bits per heavy atom. The van der Waals surface area contributed by atoms with E-state index in [1.54, 1.807) is 22.0 Å². The highest BCUT2D eigenvalue weighted by atomic mass is 32.1. The molecule has 16 aromatic rings. The first-order valence-electron chi connectivity index (χ1n) is 27.2. The first-order chi connectivity index (χ1) is 39.1. The minimum Gasteiger partial charge on any atom is -0.309 e. The summed E-state index contributed by atoms with van der Waals surface area (Å²) in [7, 11) is 0. The second-order valence-corrected chi connectivity index (χ2v) is 19.2. The number of nitrogens with zero attached hydrogens (tertiary/aromatic N) is 8. The number of para-hydroxylation sites is 6. The van der Waals surface area contributed by atoms with Crippen molar-refractivity contribution in [3.63, 3.8) is 0 Å². The van der Waals surface area contributed by atoms with Crippen LogP contribution >= 0.6 is 11.3 Å². The molecule has 9 heteroatoms. The van der Waals surface area contributed by atoms with E-state index in [0.29, 0.717) is 27.6 Å². The Hall–Kier alpha value is -9.88. The van der Waals surface area contributed by atoms with Crippen molar-refractivity contribution in [3.8, 4) is 34.7 Å². The number of fused-ring (bicyclic) bond motifs is 16. The fourth-order valence-corrected chi connectivity index (χ4v) is 12.5. The molecule has 8 nitrogen and oxygen atoms in total. The number of rotatable bonds is 5. The average molecular weight is 956 g/mol. The molecular weight excluding hydrogens is 913 g/mol. The van der Waals surface area contributed by atoms with Crippen LogP contribution in [0.5, 0.6) is 0 Å². The summed E-state index contributed by atoms with van der Waals surface area (Å²) in [5.41, 5.74) is 6.13. The number of hydrogen-bond acceptors (Lipinski definition) is 4. The largest absolute Gasteiger partial charge is 0.309 e. The van der Waals surface area contributed by atoms with Crippen molar-refractivity contribution < 1.29 is 9.60 Å². The van der Waals surface area contributed by atoms with Crippen molar-refractivity contribution in [1.29, 1.82) is 0 Å². The molecule has 73 heavy (non-hydrogen) atoms. The van der Waals surface area contributed by atoms with Gasteiger partial charge in [-0.15, -0.1) is 11.3 Å². The maximum Gasteiger partial charge on any atom is 0.240 e. The van der Waals surface area contributed by atoms with Gasteiger partial charge >= 0.3 is 0 Å². The van der Waals surface area contributed by atoms with E-state index in [1.165, 1.54) is 0 Å². The van der Waals surface area contributed by atoms with E-state index < -0.39 is 6.04 Å². The van der Waals surface area contributed by atoms with Crippen LogP contribution in [0.25, 0.3) is 147 Å². The Balaban J connectivity index is 1.17. The molecule has 338 valence electrons. The van der Waals surface area contributed by atoms with E-state index in [0.717, 1.165) is 74.6 Å². The van der Waals surface area contributed by atoms with Gasteiger partial charge in [-0.3, -0.25) is 9.13 Å². The maximum absolute atomic E-state index is 10.5. The van der Waals surface area contributed by atoms with Gasteiger partial charge in [-0.25, -0.2) is 4.85 Å². The molecule has 0 aliphatic carbocycles. The molecule has 6 heterocycles. The molecule has 0 bridgehead atoms. The molecule has 0 N–H and O–H groups in total. The molecule has 16 rings (SSSR count). The molecule has 0 aliphatic heterocycles. The van der Waals surface area contributed by atoms with Crippen molar-refractivity contribution in [2.75, 3.05) is 0 Å². The van der Waals surface area contributed by atoms with Gasteiger partial charge in [0.1, 0.15) is 0 Å². The normalized spacial score (nSPS) is 13.4. The van der Waals surface area contributed by atoms with Gasteiger partial charge in [0, 0.05) is 57.9 Å². The van der Waals surface area contributed by atoms with Crippen LogP contribution < -0.4 is 0 Å². The second kappa shape index (κ2) is 15.1. The van der Waals surface area contributed by atoms with E-state index in [4.69, 9.17) is 24.3 Å². The zero-order chi connectivity index (χ0) is 54.0. The van der Waals surface area contributed by atoms with E-state index in [-0.39, 0.29) is 81.8 Å². The fraction of sp³-hybridized carbons (Fsp3) is 0. The van der Waals surface area contributed by atoms with Gasteiger partial charge in [0.05, 0.1) is 77.2 Å². The van der Waals surface area contributed by atoms with Gasteiger partial charge in [-0.1, -0.05) is 145 Å². The predicted molar refractivity (Wildman–Crippen MR) is 302 cm³/mol. The topological polar surface area (TPSA) is 62.8 Å². The molecule has 0 fully saturated rings. The molecule has 0 atom stereocenters. The fourth-order valence-electron chi connectivity index (χ4n) is 11.4. The first-order valence-corrected chi connectivity index (χ1v) is 24.6. The summed E-state index contributed by atoms with van der Waals surface area (Å²) in [6, 6.07) is 54.8. The van der Waals surface area contributed by atoms with Crippen LogP contribution in [0.1, 0.15) is 9.60 Å². The highest BCUT2D eigenvalue weighted by Crippen LogP contribution is 2.47. The molecular formula is C64H36N8S. The minimum absolute atomic E-state index is 0.00497. The molecule has 0 spiro atoms. The zero-order valence-corrected chi connectivity index (χ0v) is 39.0. The summed E-state index contributed by atoms with van der Waals surface area (Å²) in [6.45, 7) is 8.05. The van der Waals surface area contributed by atoms with Crippen LogP contribution in [0.2, 0.25) is 0 Å². The standard InChI is InChI=1S/C64H36N8S/c1-65-38-33-35-54-47(37-38)44-22-7-9-24-48(44)69(54)55-30-16-31-56(70-49-25-10-6-21-43(49)45-34-36-58-59(61(45)70)46-23-8-15-32-57(46)73-58)60(55)62-66-63(71-50-26-11-2-17-39(50)40-18-3-12-27-51(40)71)68-64(67-62)72-52-28-13-4-19-41(52)42-20-5-14-29-53(42)72/h2-37H/i2D,11D,16D,17D,26D,30D,31D. The first kappa shape index (κ1) is 33.6. The van der Waals surface area contributed by atoms with Gasteiger partial charge in [-0.2, -0.15) is 15.0 Å². The third kappa shape index (κ3) is 5.55. The van der Waals surface area contributed by atoms with Crippen LogP contribution in [0.15, 0.2) is 218 Å². The molecule has 10 aromatic carbocycles. The van der Waals surface area contributed by atoms with Crippen molar-refractivity contribution in [3.05, 3.63) is 230 Å². The number of aromatic nitrogens is 7. The van der Waals surface area contributed by atoms with Gasteiger partial charge < -0.3 is 9.13 Å². The number of hydrogen-bond donors (Lipinski definition) is 0. The Morgan fingerprint density at radius 2 is 0.904 bits per heavy atom. The van der Waals surface area contributed by atoms with E-state index in [2.05, 4.69) is 39.7 Å². The Morgan fingerprint density at radius 1 is 0.397 bits per heavy atom. The van der Waals surface area contributed by atoms with Crippen molar-refractivity contribution in [1.82, 2.24) is 33.2 Å². The lowest BCUT2D eigenvalue weighted by molar-refractivity contribution is 0.891. The quantitative estimate of drug-likeness (QED) is 0.162. The maximum atomic E-state index is 10.5. The third-order valence-electron chi connectivity index (χ3n) is 14.4. The SMILES string of the molecule is [2H]c1c([2H])c(-n2c3ccccc3c3cc([N+]#[C-])ccc32)c(-c2nc(-n3c4ccccc4c4ccccc43)nc(-n3c4ccccc4c4c([2H])c([2H])c([2H])c([2H])c43)n2)c(-n2c3ccccc3c3ccc4sc5ccccc5c4c32)c1[2H]. The molecule has 6 aromatic heterocycles. The lowest BCUT2D eigenvalue weighted by Gasteiger charge is -2.20. The van der Waals surface area contributed by atoms with Crippen molar-refractivity contribution in [2.24, 2.45) is 0 Å². The summed E-state index contributed by atoms with van der Waals surface area (Å²) >= 11 is 1.67. The van der Waals surface area contributed by atoms with Crippen LogP contribution in [-0.4, -0.2) is 33.2 Å². The molecule has 0 saturated heterocycles. The summed E-state index contributed by atoms with van der Waals surface area (Å²) < 4.78 is 77.3. The van der Waals surface area contributed by atoms with Gasteiger partial charge in [0.2, 0.25) is 11.9 Å². The lowest BCUT2D eigenvalue weighted by Crippen LogP contribution is -2.12. The predicted octanol–water partition coefficient (Wildman–Crippen LogP) is 16.8. The Bertz CT molecular complexity index is 5460. The molecule has 0 radical (unpaired) electrons. The summed E-state index contributed by atoms with van der Waals surface area (Å²) in [5, 5.41) is 8.03. The van der Waals surface area contributed by atoms with E-state index in [1.807, 2.05) is 149 Å². The summed E-state index contributed by atoms with van der Waals surface area (Å²) in [5.74, 6) is 0.171. The lowest BCUT2D eigenvalue weighted by atomic mass is 10.1. The van der Waals surface area contributed by atoms with Gasteiger partial charge in [0.15, 0.2) is 11.5 Å². The molecule has 0 unspecified atom stereocenters. The molecule has 0 saturated carbocycles. The average Bonchev–Trinajstić information content (AvgIpc) is 4.48. The van der Waals surface area contributed by atoms with Crippen molar-refractivity contribution in [2.45, 2.75) is 0 Å². The van der Waals surface area contributed by atoms with Crippen molar-refractivity contribution >= 4 is 124 Å². The minimum atomic E-state index is -0.428. The smallest absolute Gasteiger partial charge is 0.240 e. The Labute approximate surface area is 429 Å². The van der Waals surface area contributed by atoms with Crippen LogP contribution in [0.4, 0.5) is 5.69 Å². The summed E-state index contributed by atoms with van der Waals surface area (Å²) in [6.07, 6.45) is 0. The second-order valence-electron chi connectivity index (χ2n) is 18.1. The van der Waals surface area contributed by atoms with Crippen LogP contribution in [0, 0.1) is 6.57 Å². The summed E-state index contributed by atoms with van der Waals surface area (Å²) in [4.78, 5) is 20.3. The highest BCUT2D eigenvalue weighted by Gasteiger charge is 2.28. The zero-order valence-electron chi connectivity index (χ0n) is 45.2. The van der Waals surface area contributed by atoms with Crippen LogP contribution in [0.3, 0.4) is 0 Å². The number of benzene rings is 10. The molecule has 0 amide bonds. The monoisotopic (exact) mass is 955 g/mol. The van der Waals surface area contributed by atoms with Gasteiger partial charge in [-0.05, 0) is 78.1 Å². The third-order valence-corrected chi connectivity index (χ3v) is 15.5.